The zero-order valence-corrected chi connectivity index (χ0v) is 8.46. The third-order valence-electron chi connectivity index (χ3n) is 1.73. The number of nitrogens with one attached hydrogen (secondary N) is 1. The van der Waals surface area contributed by atoms with Crippen molar-refractivity contribution in [2.45, 2.75) is 26.8 Å². The Hall–Kier alpha value is -0.820. The van der Waals surface area contributed by atoms with Gasteiger partial charge >= 0.3 is 0 Å². The molecule has 0 fully saturated rings. The highest BCUT2D eigenvalue weighted by Crippen LogP contribution is 2.09. The molecule has 1 heteroatoms. The number of benzene rings is 1. The van der Waals surface area contributed by atoms with Crippen LogP contribution < -0.4 is 5.32 Å². The first-order valence-corrected chi connectivity index (χ1v) is 4.57. The van der Waals surface area contributed by atoms with Crippen LogP contribution in [0.15, 0.2) is 30.3 Å². The molecule has 1 unspecified atom stereocenters. The smallest absolute Gasteiger partial charge is 0.0289 e. The van der Waals surface area contributed by atoms with E-state index in [4.69, 9.17) is 0 Å². The van der Waals surface area contributed by atoms with E-state index in [0.717, 1.165) is 0 Å². The van der Waals surface area contributed by atoms with Crippen LogP contribution in [0.2, 0.25) is 0 Å². The maximum Gasteiger partial charge on any atom is 0.0289 e. The van der Waals surface area contributed by atoms with Crippen LogP contribution in [-0.2, 0) is 0 Å². The Balaban J connectivity index is 0.000000561. The van der Waals surface area contributed by atoms with Crippen molar-refractivity contribution in [2.75, 3.05) is 7.05 Å². The van der Waals surface area contributed by atoms with E-state index in [9.17, 15) is 0 Å². The minimum Gasteiger partial charge on any atom is -0.313 e. The Morgan fingerprint density at radius 3 is 2.00 bits per heavy atom. The zero-order chi connectivity index (χ0) is 9.40. The Bertz CT molecular complexity index is 181. The van der Waals surface area contributed by atoms with Crippen LogP contribution in [-0.4, -0.2) is 7.05 Å². The average molecular weight is 165 g/mol. The fraction of sp³-hybridized carbons (Fsp3) is 0.455. The third-order valence-corrected chi connectivity index (χ3v) is 1.73. The molecule has 12 heavy (non-hydrogen) atoms. The lowest BCUT2D eigenvalue weighted by Crippen LogP contribution is -2.11. The molecular weight excluding hydrogens is 146 g/mol. The van der Waals surface area contributed by atoms with Crippen molar-refractivity contribution < 1.29 is 0 Å². The second kappa shape index (κ2) is 6.86. The topological polar surface area (TPSA) is 12.0 Å². The van der Waals surface area contributed by atoms with E-state index in [0.29, 0.717) is 6.04 Å². The van der Waals surface area contributed by atoms with Gasteiger partial charge < -0.3 is 5.32 Å². The maximum atomic E-state index is 3.18. The van der Waals surface area contributed by atoms with Crippen molar-refractivity contribution in [3.05, 3.63) is 35.9 Å². The van der Waals surface area contributed by atoms with Gasteiger partial charge in [-0.2, -0.15) is 0 Å². The van der Waals surface area contributed by atoms with Gasteiger partial charge in [0.2, 0.25) is 0 Å². The summed E-state index contributed by atoms with van der Waals surface area (Å²) in [7, 11) is 1.97. The first-order valence-electron chi connectivity index (χ1n) is 4.57. The van der Waals surface area contributed by atoms with Gasteiger partial charge in [-0.3, -0.25) is 0 Å². The van der Waals surface area contributed by atoms with Gasteiger partial charge in [0.15, 0.2) is 0 Å². The summed E-state index contributed by atoms with van der Waals surface area (Å²) in [4.78, 5) is 0. The predicted molar refractivity (Wildman–Crippen MR) is 55.3 cm³/mol. The van der Waals surface area contributed by atoms with Gasteiger partial charge in [0.1, 0.15) is 0 Å². The molecule has 0 heterocycles. The minimum atomic E-state index is 0.459. The first kappa shape index (κ1) is 11.2. The Morgan fingerprint density at radius 2 is 1.58 bits per heavy atom. The molecule has 1 atom stereocenters. The number of hydrogen-bond donors (Lipinski definition) is 1. The van der Waals surface area contributed by atoms with Gasteiger partial charge in [-0.15, -0.1) is 0 Å². The van der Waals surface area contributed by atoms with Crippen LogP contribution in [0.1, 0.15) is 32.4 Å². The van der Waals surface area contributed by atoms with Crippen LogP contribution in [0, 0.1) is 0 Å². The molecule has 0 spiro atoms. The van der Waals surface area contributed by atoms with Crippen molar-refractivity contribution in [3.8, 4) is 0 Å². The molecular formula is C11H19N. The monoisotopic (exact) mass is 165 g/mol. The van der Waals surface area contributed by atoms with Crippen LogP contribution in [0.3, 0.4) is 0 Å². The summed E-state index contributed by atoms with van der Waals surface area (Å²) in [5, 5.41) is 3.18. The van der Waals surface area contributed by atoms with Crippen molar-refractivity contribution in [2.24, 2.45) is 0 Å². The first-order chi connectivity index (χ1) is 5.84. The van der Waals surface area contributed by atoms with E-state index in [1.54, 1.807) is 0 Å². The number of rotatable bonds is 2. The van der Waals surface area contributed by atoms with Crippen molar-refractivity contribution in [1.82, 2.24) is 5.32 Å². The molecule has 1 N–H and O–H groups in total. The summed E-state index contributed by atoms with van der Waals surface area (Å²) >= 11 is 0. The highest BCUT2D eigenvalue weighted by atomic mass is 14.8. The van der Waals surface area contributed by atoms with Crippen molar-refractivity contribution >= 4 is 0 Å². The minimum absolute atomic E-state index is 0.459. The molecule has 0 bridgehead atoms. The molecule has 1 aromatic rings. The molecule has 0 saturated heterocycles. The highest BCUT2D eigenvalue weighted by molar-refractivity contribution is 5.17. The predicted octanol–water partition coefficient (Wildman–Crippen LogP) is 2.99. The van der Waals surface area contributed by atoms with Crippen LogP contribution in [0.25, 0.3) is 0 Å². The van der Waals surface area contributed by atoms with E-state index in [-0.39, 0.29) is 0 Å². The zero-order valence-electron chi connectivity index (χ0n) is 8.46. The fourth-order valence-corrected chi connectivity index (χ4v) is 0.908. The van der Waals surface area contributed by atoms with Gasteiger partial charge in [0.25, 0.3) is 0 Å². The molecule has 0 aliphatic heterocycles. The van der Waals surface area contributed by atoms with Gasteiger partial charge in [-0.25, -0.2) is 0 Å². The van der Waals surface area contributed by atoms with Gasteiger partial charge in [-0.1, -0.05) is 44.2 Å². The molecule has 1 nitrogen and oxygen atoms in total. The molecule has 0 radical (unpaired) electrons. The summed E-state index contributed by atoms with van der Waals surface area (Å²) in [5.41, 5.74) is 1.34. The van der Waals surface area contributed by atoms with Gasteiger partial charge in [0, 0.05) is 6.04 Å². The molecule has 0 aromatic heterocycles. The lowest BCUT2D eigenvalue weighted by molar-refractivity contribution is 0.652. The SMILES string of the molecule is CC.CNC(C)c1ccccc1. The molecule has 1 rings (SSSR count). The largest absolute Gasteiger partial charge is 0.313 e. The molecule has 0 aliphatic rings. The number of hydrogen-bond acceptors (Lipinski definition) is 1. The van der Waals surface area contributed by atoms with Gasteiger partial charge in [-0.05, 0) is 19.5 Å². The molecule has 0 saturated carbocycles. The summed E-state index contributed by atoms with van der Waals surface area (Å²) < 4.78 is 0. The third kappa shape index (κ3) is 3.54. The second-order valence-corrected chi connectivity index (χ2v) is 2.42. The quantitative estimate of drug-likeness (QED) is 0.710. The van der Waals surface area contributed by atoms with E-state index in [1.807, 2.05) is 27.0 Å². The maximum absolute atomic E-state index is 3.18. The summed E-state index contributed by atoms with van der Waals surface area (Å²) in [5.74, 6) is 0. The van der Waals surface area contributed by atoms with Crippen LogP contribution >= 0.6 is 0 Å². The van der Waals surface area contributed by atoms with E-state index in [2.05, 4.69) is 36.5 Å². The van der Waals surface area contributed by atoms with Crippen molar-refractivity contribution in [3.63, 3.8) is 0 Å². The normalized spacial score (nSPS) is 11.3. The fourth-order valence-electron chi connectivity index (χ4n) is 0.908. The molecule has 0 aliphatic carbocycles. The second-order valence-electron chi connectivity index (χ2n) is 2.42. The van der Waals surface area contributed by atoms with Gasteiger partial charge in [0.05, 0.1) is 0 Å². The van der Waals surface area contributed by atoms with E-state index in [1.165, 1.54) is 5.56 Å². The lowest BCUT2D eigenvalue weighted by Gasteiger charge is -2.08. The van der Waals surface area contributed by atoms with E-state index >= 15 is 0 Å². The Labute approximate surface area is 75.8 Å². The molecule has 0 amide bonds. The van der Waals surface area contributed by atoms with Crippen molar-refractivity contribution in [1.29, 1.82) is 0 Å². The Kier molecular flexibility index (Phi) is 6.39. The lowest BCUT2D eigenvalue weighted by atomic mass is 10.1. The summed E-state index contributed by atoms with van der Waals surface area (Å²) in [6.45, 7) is 6.15. The van der Waals surface area contributed by atoms with Crippen LogP contribution in [0.5, 0.6) is 0 Å². The highest BCUT2D eigenvalue weighted by Gasteiger charge is 1.97. The standard InChI is InChI=1S/C9H13N.C2H6/c1-8(10-2)9-6-4-3-5-7-9;1-2/h3-8,10H,1-2H3;1-2H3. The average Bonchev–Trinajstić information content (AvgIpc) is 2.21. The summed E-state index contributed by atoms with van der Waals surface area (Å²) in [6, 6.07) is 10.9. The Morgan fingerprint density at radius 1 is 1.08 bits per heavy atom. The summed E-state index contributed by atoms with van der Waals surface area (Å²) in [6.07, 6.45) is 0. The van der Waals surface area contributed by atoms with E-state index < -0.39 is 0 Å². The molecule has 68 valence electrons. The van der Waals surface area contributed by atoms with Crippen LogP contribution in [0.4, 0.5) is 0 Å². The molecule has 1 aromatic carbocycles.